The molecule has 0 aliphatic carbocycles. The van der Waals surface area contributed by atoms with E-state index in [0.717, 1.165) is 5.56 Å². The van der Waals surface area contributed by atoms with Crippen molar-refractivity contribution in [3.05, 3.63) is 71.8 Å². The van der Waals surface area contributed by atoms with Gasteiger partial charge in [0.15, 0.2) is 5.25 Å². The van der Waals surface area contributed by atoms with E-state index in [-0.39, 0.29) is 12.2 Å². The van der Waals surface area contributed by atoms with Crippen molar-refractivity contribution in [1.29, 1.82) is 0 Å². The molecule has 2 heterocycles. The van der Waals surface area contributed by atoms with Gasteiger partial charge in [0.25, 0.3) is 16.0 Å². The molecule has 2 saturated heterocycles. The molecule has 4 N–H and O–H groups in total. The number of carbonyl (C=O) groups is 3. The van der Waals surface area contributed by atoms with Crippen LogP contribution in [0.4, 0.5) is 0 Å². The Kier molecular flexibility index (Phi) is 6.43. The van der Waals surface area contributed by atoms with Crippen LogP contribution < -0.4 is 11.1 Å². The maximum atomic E-state index is 13.1. The third kappa shape index (κ3) is 4.31. The highest BCUT2D eigenvalue weighted by molar-refractivity contribution is 8.01. The minimum absolute atomic E-state index is 0.0284. The number of amides is 2. The summed E-state index contributed by atoms with van der Waals surface area (Å²) in [5, 5.41) is -0.224. The Morgan fingerprint density at radius 1 is 1.14 bits per heavy atom. The van der Waals surface area contributed by atoms with Gasteiger partial charge in [-0.15, -0.1) is 11.8 Å². The van der Waals surface area contributed by atoms with E-state index in [1.165, 1.54) is 40.9 Å². The smallest absolute Gasteiger partial charge is 0.349 e. The molecule has 0 unspecified atom stereocenters. The first-order valence-corrected chi connectivity index (χ1v) is 13.1. The van der Waals surface area contributed by atoms with Gasteiger partial charge in [-0.1, -0.05) is 60.7 Å². The van der Waals surface area contributed by atoms with Crippen LogP contribution in [0.5, 0.6) is 0 Å². The summed E-state index contributed by atoms with van der Waals surface area (Å²) in [7, 11) is -4.82. The molecule has 2 aromatic rings. The number of esters is 1. The van der Waals surface area contributed by atoms with Crippen LogP contribution in [-0.2, 0) is 35.8 Å². The maximum absolute atomic E-state index is 13.1. The summed E-state index contributed by atoms with van der Waals surface area (Å²) in [6, 6.07) is 15.3. The van der Waals surface area contributed by atoms with Gasteiger partial charge >= 0.3 is 5.97 Å². The summed E-state index contributed by atoms with van der Waals surface area (Å²) < 4.78 is 38.1. The number of fused-ring (bicyclic) bond motifs is 1. The monoisotopic (exact) mass is 519 g/mol. The van der Waals surface area contributed by atoms with Crippen LogP contribution >= 0.6 is 11.8 Å². The van der Waals surface area contributed by atoms with E-state index in [1.807, 2.05) is 6.07 Å². The number of nitrogens with two attached hydrogens (primary N) is 1. The third-order valence-corrected chi connectivity index (χ3v) is 8.92. The summed E-state index contributed by atoms with van der Waals surface area (Å²) in [4.78, 5) is 40.2. The molecule has 2 fully saturated rings. The Hall–Kier alpha value is -2.93. The Labute approximate surface area is 206 Å². The van der Waals surface area contributed by atoms with Crippen LogP contribution in [0.15, 0.2) is 60.7 Å². The Morgan fingerprint density at radius 2 is 1.71 bits per heavy atom. The summed E-state index contributed by atoms with van der Waals surface area (Å²) in [5.74, 6) is -2.50. The lowest BCUT2D eigenvalue weighted by Crippen LogP contribution is -2.79. The Bertz CT molecular complexity index is 1250. The van der Waals surface area contributed by atoms with Gasteiger partial charge in [0.2, 0.25) is 11.6 Å². The first-order valence-electron chi connectivity index (χ1n) is 10.7. The fourth-order valence-electron chi connectivity index (χ4n) is 4.27. The van der Waals surface area contributed by atoms with Crippen molar-refractivity contribution in [2.24, 2.45) is 5.73 Å². The van der Waals surface area contributed by atoms with Crippen molar-refractivity contribution in [2.45, 2.75) is 47.5 Å². The zero-order valence-electron chi connectivity index (χ0n) is 19.0. The van der Waals surface area contributed by atoms with Gasteiger partial charge < -0.3 is 10.1 Å². The second-order valence-electron chi connectivity index (χ2n) is 8.85. The summed E-state index contributed by atoms with van der Waals surface area (Å²) in [6.07, 6.45) is 0. The molecule has 0 radical (unpaired) electrons. The highest BCUT2D eigenvalue weighted by Crippen LogP contribution is 2.55. The predicted octanol–water partition coefficient (Wildman–Crippen LogP) is 1.19. The van der Waals surface area contributed by atoms with Crippen LogP contribution in [0, 0.1) is 0 Å². The number of hydrogen-bond donors (Lipinski definition) is 3. The van der Waals surface area contributed by atoms with Gasteiger partial charge in [-0.3, -0.25) is 24.8 Å². The van der Waals surface area contributed by atoms with Gasteiger partial charge in [0.1, 0.15) is 18.0 Å². The number of ether oxygens (including phenoxy) is 1. The van der Waals surface area contributed by atoms with Crippen molar-refractivity contribution in [3.63, 3.8) is 0 Å². The van der Waals surface area contributed by atoms with Gasteiger partial charge in [-0.25, -0.2) is 4.79 Å². The molecule has 2 aliphatic heterocycles. The Morgan fingerprint density at radius 3 is 2.29 bits per heavy atom. The molecule has 2 aromatic carbocycles. The molecule has 4 atom stereocenters. The maximum Gasteiger partial charge on any atom is 0.349 e. The van der Waals surface area contributed by atoms with Crippen LogP contribution in [0.25, 0.3) is 0 Å². The van der Waals surface area contributed by atoms with Crippen LogP contribution in [-0.4, -0.2) is 57.5 Å². The summed E-state index contributed by atoms with van der Waals surface area (Å²) >= 11 is 1.20. The fourth-order valence-corrected chi connectivity index (χ4v) is 6.77. The summed E-state index contributed by atoms with van der Waals surface area (Å²) in [5.41, 5.74) is 5.49. The van der Waals surface area contributed by atoms with Crippen LogP contribution in [0.3, 0.4) is 0 Å². The molecule has 10 nitrogen and oxygen atoms in total. The zero-order chi connectivity index (χ0) is 25.6. The normalized spacial score (nSPS) is 25.8. The third-order valence-electron chi connectivity index (χ3n) is 6.22. The van der Waals surface area contributed by atoms with Crippen molar-refractivity contribution in [3.8, 4) is 0 Å². The van der Waals surface area contributed by atoms with Crippen molar-refractivity contribution in [2.75, 3.05) is 0 Å². The van der Waals surface area contributed by atoms with E-state index < -0.39 is 55.0 Å². The van der Waals surface area contributed by atoms with Gasteiger partial charge in [-0.05, 0) is 25.0 Å². The number of nitrogens with zero attached hydrogens (tertiary/aromatic N) is 1. The SMILES string of the molecule is CC1(C)S[C@@H]2[C@@H](NC(=O)[C@@H](c3ccccc3)S(=O)(=O)O)C(=O)N2[C@@]1(N)C(=O)OCc1ccccc1. The minimum atomic E-state index is -4.82. The highest BCUT2D eigenvalue weighted by Gasteiger charge is 2.72. The predicted molar refractivity (Wildman–Crippen MR) is 128 cm³/mol. The molecule has 35 heavy (non-hydrogen) atoms. The number of hydrogen-bond acceptors (Lipinski definition) is 8. The molecular weight excluding hydrogens is 494 g/mol. The standard InChI is InChI=1S/C23H25N3O7S2/c1-22(2)23(24,21(29)33-13-14-9-5-3-6-10-14)26-19(28)16(20(26)34-22)25-18(27)17(35(30,31)32)15-11-7-4-8-12-15/h3-12,16-17,20H,13,24H2,1-2H3,(H,25,27)(H,30,31,32)/t16-,17+,20+,23-/m0/s1. The first kappa shape index (κ1) is 25.2. The Balaban J connectivity index is 1.52. The number of nitrogens with one attached hydrogen (secondary N) is 1. The molecule has 4 rings (SSSR count). The largest absolute Gasteiger partial charge is 0.458 e. The first-order chi connectivity index (χ1) is 16.4. The molecular formula is C23H25N3O7S2. The zero-order valence-corrected chi connectivity index (χ0v) is 20.6. The van der Waals surface area contributed by atoms with Gasteiger partial charge in [0, 0.05) is 0 Å². The minimum Gasteiger partial charge on any atom is -0.458 e. The van der Waals surface area contributed by atoms with Gasteiger partial charge in [-0.2, -0.15) is 8.42 Å². The quantitative estimate of drug-likeness (QED) is 0.278. The molecule has 186 valence electrons. The summed E-state index contributed by atoms with van der Waals surface area (Å²) in [6.45, 7) is 3.35. The molecule has 2 amide bonds. The molecule has 0 spiro atoms. The highest BCUT2D eigenvalue weighted by atomic mass is 32.2. The lowest BCUT2D eigenvalue weighted by Gasteiger charge is -2.48. The lowest BCUT2D eigenvalue weighted by atomic mass is 9.89. The number of carbonyl (C=O) groups excluding carboxylic acids is 3. The van der Waals surface area contributed by atoms with E-state index in [1.54, 1.807) is 44.2 Å². The van der Waals surface area contributed by atoms with Crippen molar-refractivity contribution < 1.29 is 32.1 Å². The van der Waals surface area contributed by atoms with Crippen LogP contribution in [0.1, 0.15) is 30.2 Å². The lowest BCUT2D eigenvalue weighted by molar-refractivity contribution is -0.176. The molecule has 0 aromatic heterocycles. The van der Waals surface area contributed by atoms with E-state index >= 15 is 0 Å². The van der Waals surface area contributed by atoms with E-state index in [4.69, 9.17) is 10.5 Å². The molecule has 2 aliphatic rings. The topological polar surface area (TPSA) is 156 Å². The average molecular weight is 520 g/mol. The second-order valence-corrected chi connectivity index (χ2v) is 12.1. The second kappa shape index (κ2) is 8.94. The fraction of sp³-hybridized carbons (Fsp3) is 0.348. The van der Waals surface area contributed by atoms with E-state index in [2.05, 4.69) is 5.32 Å². The molecule has 0 saturated carbocycles. The van der Waals surface area contributed by atoms with E-state index in [0.29, 0.717) is 0 Å². The van der Waals surface area contributed by atoms with Crippen molar-refractivity contribution >= 4 is 39.7 Å². The molecule has 12 heteroatoms. The molecule has 0 bridgehead atoms. The van der Waals surface area contributed by atoms with Crippen LogP contribution in [0.2, 0.25) is 0 Å². The average Bonchev–Trinajstić information content (AvgIpc) is 3.00. The van der Waals surface area contributed by atoms with Crippen molar-refractivity contribution in [1.82, 2.24) is 10.2 Å². The number of thioether (sulfide) groups is 1. The number of rotatable bonds is 7. The number of β-lactam (4-membered cyclic amide) rings is 1. The van der Waals surface area contributed by atoms with E-state index in [9.17, 15) is 27.4 Å². The number of benzene rings is 2. The van der Waals surface area contributed by atoms with Gasteiger partial charge in [0.05, 0.1) is 4.75 Å².